The third-order valence-electron chi connectivity index (χ3n) is 3.19. The number of nitrogens with zero attached hydrogens (tertiary/aromatic N) is 2. The van der Waals surface area contributed by atoms with Gasteiger partial charge >= 0.3 is 0 Å². The molecular formula is C12H15FN2. The maximum atomic E-state index is 12.6. The van der Waals surface area contributed by atoms with Gasteiger partial charge in [0.15, 0.2) is 0 Å². The SMILES string of the molecule is C=C1N(C)c2ncc(CF)cc2C1(C)C. The quantitative estimate of drug-likeness (QED) is 0.702. The van der Waals surface area contributed by atoms with E-state index in [4.69, 9.17) is 0 Å². The van der Waals surface area contributed by atoms with Gasteiger partial charge in [0, 0.05) is 35.5 Å². The summed E-state index contributed by atoms with van der Waals surface area (Å²) in [5.41, 5.74) is 2.54. The topological polar surface area (TPSA) is 16.1 Å². The van der Waals surface area contributed by atoms with Gasteiger partial charge in [-0.25, -0.2) is 9.37 Å². The van der Waals surface area contributed by atoms with Crippen LogP contribution in [0.1, 0.15) is 25.0 Å². The number of halogens is 1. The van der Waals surface area contributed by atoms with Crippen molar-refractivity contribution in [3.8, 4) is 0 Å². The lowest BCUT2D eigenvalue weighted by Crippen LogP contribution is -2.21. The molecular weight excluding hydrogens is 191 g/mol. The van der Waals surface area contributed by atoms with Gasteiger partial charge in [-0.3, -0.25) is 0 Å². The van der Waals surface area contributed by atoms with Gasteiger partial charge in [-0.15, -0.1) is 0 Å². The summed E-state index contributed by atoms with van der Waals surface area (Å²) in [5.74, 6) is 0.891. The molecule has 0 aromatic carbocycles. The molecule has 0 radical (unpaired) electrons. The van der Waals surface area contributed by atoms with Crippen LogP contribution in [0.15, 0.2) is 24.5 Å². The van der Waals surface area contributed by atoms with E-state index in [1.54, 1.807) is 6.20 Å². The summed E-state index contributed by atoms with van der Waals surface area (Å²) in [6.07, 6.45) is 1.59. The Labute approximate surface area is 89.4 Å². The maximum Gasteiger partial charge on any atom is 0.136 e. The zero-order valence-corrected chi connectivity index (χ0v) is 9.34. The Bertz CT molecular complexity index is 424. The van der Waals surface area contributed by atoms with E-state index in [2.05, 4.69) is 25.4 Å². The molecule has 0 fully saturated rings. The minimum Gasteiger partial charge on any atom is -0.333 e. The molecule has 0 atom stereocenters. The van der Waals surface area contributed by atoms with Crippen LogP contribution in [0, 0.1) is 0 Å². The second kappa shape index (κ2) is 3.05. The predicted octanol–water partition coefficient (Wildman–Crippen LogP) is 2.79. The van der Waals surface area contributed by atoms with Crippen molar-refractivity contribution in [1.82, 2.24) is 4.98 Å². The van der Waals surface area contributed by atoms with Crippen LogP contribution in [0.4, 0.5) is 10.2 Å². The Hall–Kier alpha value is -1.38. The summed E-state index contributed by atoms with van der Waals surface area (Å²) in [6.45, 7) is 7.75. The average molecular weight is 206 g/mol. The maximum absolute atomic E-state index is 12.6. The van der Waals surface area contributed by atoms with Crippen LogP contribution in [-0.2, 0) is 12.1 Å². The fourth-order valence-corrected chi connectivity index (χ4v) is 2.00. The van der Waals surface area contributed by atoms with E-state index in [0.717, 1.165) is 17.1 Å². The summed E-state index contributed by atoms with van der Waals surface area (Å²) in [5, 5.41) is 0. The van der Waals surface area contributed by atoms with Crippen molar-refractivity contribution in [1.29, 1.82) is 0 Å². The number of allylic oxidation sites excluding steroid dienone is 1. The Morgan fingerprint density at radius 3 is 2.80 bits per heavy atom. The number of hydrogen-bond donors (Lipinski definition) is 0. The summed E-state index contributed by atoms with van der Waals surface area (Å²) < 4.78 is 12.6. The van der Waals surface area contributed by atoms with Gasteiger partial charge in [0.1, 0.15) is 12.5 Å². The molecule has 1 aromatic rings. The van der Waals surface area contributed by atoms with E-state index in [1.807, 2.05) is 18.0 Å². The number of pyridine rings is 1. The van der Waals surface area contributed by atoms with Crippen LogP contribution in [0.2, 0.25) is 0 Å². The molecule has 2 nitrogen and oxygen atoms in total. The van der Waals surface area contributed by atoms with Crippen LogP contribution in [0.25, 0.3) is 0 Å². The molecule has 1 aromatic heterocycles. The lowest BCUT2D eigenvalue weighted by molar-refractivity contribution is 0.483. The molecule has 80 valence electrons. The molecule has 1 aliphatic heterocycles. The molecule has 1 aliphatic rings. The average Bonchev–Trinajstić information content (AvgIpc) is 2.40. The van der Waals surface area contributed by atoms with E-state index in [1.165, 1.54) is 0 Å². The van der Waals surface area contributed by atoms with E-state index >= 15 is 0 Å². The largest absolute Gasteiger partial charge is 0.333 e. The first kappa shape index (κ1) is 10.1. The van der Waals surface area contributed by atoms with Crippen LogP contribution in [-0.4, -0.2) is 12.0 Å². The minimum absolute atomic E-state index is 0.151. The Balaban J connectivity index is 2.62. The Morgan fingerprint density at radius 1 is 1.53 bits per heavy atom. The Morgan fingerprint density at radius 2 is 2.20 bits per heavy atom. The van der Waals surface area contributed by atoms with Crippen molar-refractivity contribution in [3.63, 3.8) is 0 Å². The minimum atomic E-state index is -0.466. The Kier molecular flexibility index (Phi) is 2.07. The number of rotatable bonds is 1. The summed E-state index contributed by atoms with van der Waals surface area (Å²) in [7, 11) is 1.94. The van der Waals surface area contributed by atoms with Gasteiger partial charge in [-0.2, -0.15) is 0 Å². The number of aromatic nitrogens is 1. The highest BCUT2D eigenvalue weighted by atomic mass is 19.1. The number of fused-ring (bicyclic) bond motifs is 1. The van der Waals surface area contributed by atoms with Gasteiger partial charge in [-0.1, -0.05) is 20.4 Å². The first-order valence-electron chi connectivity index (χ1n) is 4.97. The molecule has 2 rings (SSSR count). The summed E-state index contributed by atoms with van der Waals surface area (Å²) in [4.78, 5) is 6.25. The molecule has 0 N–H and O–H groups in total. The van der Waals surface area contributed by atoms with Gasteiger partial charge in [0.25, 0.3) is 0 Å². The molecule has 0 spiro atoms. The van der Waals surface area contributed by atoms with E-state index < -0.39 is 6.67 Å². The second-order valence-electron chi connectivity index (χ2n) is 4.48. The summed E-state index contributed by atoms with van der Waals surface area (Å²) >= 11 is 0. The molecule has 0 unspecified atom stereocenters. The fourth-order valence-electron chi connectivity index (χ4n) is 2.00. The van der Waals surface area contributed by atoms with Crippen molar-refractivity contribution in [2.75, 3.05) is 11.9 Å². The van der Waals surface area contributed by atoms with E-state index in [-0.39, 0.29) is 5.41 Å². The molecule has 0 aliphatic carbocycles. The van der Waals surface area contributed by atoms with Gasteiger partial charge < -0.3 is 4.90 Å². The van der Waals surface area contributed by atoms with Crippen molar-refractivity contribution >= 4 is 5.82 Å². The first-order valence-corrected chi connectivity index (χ1v) is 4.97. The van der Waals surface area contributed by atoms with Crippen molar-refractivity contribution < 1.29 is 4.39 Å². The molecule has 0 bridgehead atoms. The van der Waals surface area contributed by atoms with Crippen LogP contribution >= 0.6 is 0 Å². The van der Waals surface area contributed by atoms with Gasteiger partial charge in [0.2, 0.25) is 0 Å². The van der Waals surface area contributed by atoms with Crippen molar-refractivity contribution in [2.24, 2.45) is 0 Å². The normalized spacial score (nSPS) is 18.1. The van der Waals surface area contributed by atoms with Crippen LogP contribution < -0.4 is 4.90 Å². The lowest BCUT2D eigenvalue weighted by Gasteiger charge is -2.21. The van der Waals surface area contributed by atoms with E-state index in [0.29, 0.717) is 5.56 Å². The third kappa shape index (κ3) is 1.26. The number of anilines is 1. The molecule has 0 saturated carbocycles. The molecule has 3 heteroatoms. The highest BCUT2D eigenvalue weighted by molar-refractivity contribution is 5.65. The van der Waals surface area contributed by atoms with Crippen molar-refractivity contribution in [3.05, 3.63) is 35.7 Å². The predicted molar refractivity (Wildman–Crippen MR) is 59.6 cm³/mol. The lowest BCUT2D eigenvalue weighted by atomic mass is 9.85. The first-order chi connectivity index (χ1) is 6.98. The zero-order chi connectivity index (χ0) is 11.2. The van der Waals surface area contributed by atoms with Crippen LogP contribution in [0.5, 0.6) is 0 Å². The third-order valence-corrected chi connectivity index (χ3v) is 3.19. The smallest absolute Gasteiger partial charge is 0.136 e. The number of likely N-dealkylation sites (N-methyl/N-ethyl adjacent to an activating group) is 1. The molecule has 2 heterocycles. The van der Waals surface area contributed by atoms with Gasteiger partial charge in [0.05, 0.1) is 0 Å². The van der Waals surface area contributed by atoms with Crippen molar-refractivity contribution in [2.45, 2.75) is 25.9 Å². The molecule has 0 saturated heterocycles. The zero-order valence-electron chi connectivity index (χ0n) is 9.34. The standard InChI is InChI=1S/C12H15FN2/c1-8-12(2,3)10-5-9(6-13)7-14-11(10)15(8)4/h5,7H,1,6H2,2-4H3. The second-order valence-corrected chi connectivity index (χ2v) is 4.48. The number of hydrogen-bond acceptors (Lipinski definition) is 2. The highest BCUT2D eigenvalue weighted by Gasteiger charge is 2.38. The summed E-state index contributed by atoms with van der Waals surface area (Å²) in [6, 6.07) is 1.89. The molecule has 0 amide bonds. The number of alkyl halides is 1. The highest BCUT2D eigenvalue weighted by Crippen LogP contribution is 2.44. The monoisotopic (exact) mass is 206 g/mol. The fraction of sp³-hybridized carbons (Fsp3) is 0.417. The van der Waals surface area contributed by atoms with Gasteiger partial charge in [-0.05, 0) is 6.07 Å². The van der Waals surface area contributed by atoms with Crippen LogP contribution in [0.3, 0.4) is 0 Å². The van der Waals surface area contributed by atoms with E-state index in [9.17, 15) is 4.39 Å². The molecule has 15 heavy (non-hydrogen) atoms.